The van der Waals surface area contributed by atoms with Crippen LogP contribution in [0.5, 0.6) is 0 Å². The van der Waals surface area contributed by atoms with Gasteiger partial charge in [0.25, 0.3) is 5.91 Å². The summed E-state index contributed by atoms with van der Waals surface area (Å²) in [6.45, 7) is 0.654. The normalized spacial score (nSPS) is 18.4. The molecule has 0 spiro atoms. The molecular formula is C12H13N5O2. The number of nitrogens with one attached hydrogen (secondary N) is 1. The molecule has 1 aliphatic heterocycles. The van der Waals surface area contributed by atoms with Crippen LogP contribution in [0.1, 0.15) is 12.8 Å². The molecule has 98 valence electrons. The minimum absolute atomic E-state index is 0.118. The summed E-state index contributed by atoms with van der Waals surface area (Å²) in [6.07, 6.45) is 5.96. The minimum atomic E-state index is -0.338. The van der Waals surface area contributed by atoms with Crippen molar-refractivity contribution in [2.45, 2.75) is 18.9 Å². The maximum Gasteiger partial charge on any atom is 0.253 e. The van der Waals surface area contributed by atoms with E-state index in [1.165, 1.54) is 6.33 Å². The maximum atomic E-state index is 11.8. The van der Waals surface area contributed by atoms with Crippen molar-refractivity contribution in [2.24, 2.45) is 0 Å². The van der Waals surface area contributed by atoms with Gasteiger partial charge in [-0.25, -0.2) is 14.6 Å². The molecule has 3 rings (SSSR count). The van der Waals surface area contributed by atoms with Crippen LogP contribution in [0.2, 0.25) is 0 Å². The van der Waals surface area contributed by atoms with E-state index in [2.05, 4.69) is 20.4 Å². The molecule has 0 radical (unpaired) electrons. The number of pyridine rings is 1. The SMILES string of the molecule is O=C(Nc1ccc(-n2cncn2)nc1)[C@H]1CCCO1. The highest BCUT2D eigenvalue weighted by Gasteiger charge is 2.23. The van der Waals surface area contributed by atoms with E-state index in [-0.39, 0.29) is 12.0 Å². The van der Waals surface area contributed by atoms with Crippen LogP contribution in [0.4, 0.5) is 5.69 Å². The van der Waals surface area contributed by atoms with Crippen LogP contribution in [0.3, 0.4) is 0 Å². The van der Waals surface area contributed by atoms with Crippen LogP contribution >= 0.6 is 0 Å². The average molecular weight is 259 g/mol. The largest absolute Gasteiger partial charge is 0.368 e. The third kappa shape index (κ3) is 2.60. The molecule has 7 nitrogen and oxygen atoms in total. The molecule has 0 aromatic carbocycles. The fourth-order valence-corrected chi connectivity index (χ4v) is 1.93. The monoisotopic (exact) mass is 259 g/mol. The number of anilines is 1. The van der Waals surface area contributed by atoms with Crippen LogP contribution < -0.4 is 5.32 Å². The summed E-state index contributed by atoms with van der Waals surface area (Å²) in [5, 5.41) is 6.76. The third-order valence-electron chi connectivity index (χ3n) is 2.89. The Hall–Kier alpha value is -2.28. The first-order valence-electron chi connectivity index (χ1n) is 6.06. The van der Waals surface area contributed by atoms with Gasteiger partial charge in [-0.3, -0.25) is 4.79 Å². The Bertz CT molecular complexity index is 546. The lowest BCUT2D eigenvalue weighted by atomic mass is 10.2. The molecule has 1 saturated heterocycles. The van der Waals surface area contributed by atoms with Gasteiger partial charge in [0.2, 0.25) is 0 Å². The quantitative estimate of drug-likeness (QED) is 0.880. The van der Waals surface area contributed by atoms with Gasteiger partial charge in [0, 0.05) is 6.61 Å². The number of nitrogens with zero attached hydrogens (tertiary/aromatic N) is 4. The summed E-state index contributed by atoms with van der Waals surface area (Å²) in [4.78, 5) is 19.9. The zero-order chi connectivity index (χ0) is 13.1. The number of hydrogen-bond acceptors (Lipinski definition) is 5. The summed E-state index contributed by atoms with van der Waals surface area (Å²) in [7, 11) is 0. The highest BCUT2D eigenvalue weighted by Crippen LogP contribution is 2.15. The van der Waals surface area contributed by atoms with Crippen molar-refractivity contribution < 1.29 is 9.53 Å². The van der Waals surface area contributed by atoms with Crippen LogP contribution in [0.15, 0.2) is 31.0 Å². The summed E-state index contributed by atoms with van der Waals surface area (Å²) in [6, 6.07) is 3.54. The zero-order valence-electron chi connectivity index (χ0n) is 10.2. The Kier molecular flexibility index (Phi) is 3.20. The predicted octanol–water partition coefficient (Wildman–Crippen LogP) is 0.780. The maximum absolute atomic E-state index is 11.8. The standard InChI is InChI=1S/C12H13N5O2/c18-12(10-2-1-5-19-10)16-9-3-4-11(14-6-9)17-8-13-7-15-17/h3-4,6-8,10H,1-2,5H2,(H,16,18)/t10-/m1/s1. The number of carbonyl (C=O) groups excluding carboxylic acids is 1. The van der Waals surface area contributed by atoms with Crippen molar-refractivity contribution in [1.29, 1.82) is 0 Å². The van der Waals surface area contributed by atoms with Crippen molar-refractivity contribution >= 4 is 11.6 Å². The summed E-state index contributed by atoms with van der Waals surface area (Å²) < 4.78 is 6.86. The average Bonchev–Trinajstić information content (AvgIpc) is 3.13. The van der Waals surface area contributed by atoms with E-state index in [1.54, 1.807) is 29.3 Å². The number of amides is 1. The van der Waals surface area contributed by atoms with E-state index in [4.69, 9.17) is 4.74 Å². The molecule has 19 heavy (non-hydrogen) atoms. The highest BCUT2D eigenvalue weighted by atomic mass is 16.5. The molecule has 2 aromatic rings. The second-order valence-electron chi connectivity index (χ2n) is 4.24. The Balaban J connectivity index is 1.67. The minimum Gasteiger partial charge on any atom is -0.368 e. The van der Waals surface area contributed by atoms with Gasteiger partial charge in [0.15, 0.2) is 5.82 Å². The molecule has 3 heterocycles. The topological polar surface area (TPSA) is 81.9 Å². The van der Waals surface area contributed by atoms with Gasteiger partial charge in [-0.2, -0.15) is 5.10 Å². The van der Waals surface area contributed by atoms with E-state index in [1.807, 2.05) is 0 Å². The van der Waals surface area contributed by atoms with E-state index < -0.39 is 0 Å². The molecule has 0 saturated carbocycles. The molecule has 1 aliphatic rings. The van der Waals surface area contributed by atoms with Crippen molar-refractivity contribution in [3.05, 3.63) is 31.0 Å². The Morgan fingerprint density at radius 2 is 2.42 bits per heavy atom. The van der Waals surface area contributed by atoms with Crippen molar-refractivity contribution in [2.75, 3.05) is 11.9 Å². The zero-order valence-corrected chi connectivity index (χ0v) is 10.2. The highest BCUT2D eigenvalue weighted by molar-refractivity contribution is 5.94. The molecule has 1 atom stereocenters. The van der Waals surface area contributed by atoms with Gasteiger partial charge in [-0.05, 0) is 25.0 Å². The molecule has 7 heteroatoms. The Labute approximate surface area is 109 Å². The van der Waals surface area contributed by atoms with E-state index in [9.17, 15) is 4.79 Å². The van der Waals surface area contributed by atoms with E-state index >= 15 is 0 Å². The first-order valence-corrected chi connectivity index (χ1v) is 6.06. The van der Waals surface area contributed by atoms with Crippen LogP contribution in [0, 0.1) is 0 Å². The van der Waals surface area contributed by atoms with Gasteiger partial charge < -0.3 is 10.1 Å². The van der Waals surface area contributed by atoms with Gasteiger partial charge >= 0.3 is 0 Å². The predicted molar refractivity (Wildman–Crippen MR) is 66.8 cm³/mol. The lowest BCUT2D eigenvalue weighted by Gasteiger charge is -2.10. The molecule has 2 aromatic heterocycles. The van der Waals surface area contributed by atoms with Gasteiger partial charge in [0.05, 0.1) is 11.9 Å². The lowest BCUT2D eigenvalue weighted by molar-refractivity contribution is -0.124. The fourth-order valence-electron chi connectivity index (χ4n) is 1.93. The summed E-state index contributed by atoms with van der Waals surface area (Å²) in [5.74, 6) is 0.528. The van der Waals surface area contributed by atoms with Gasteiger partial charge in [-0.1, -0.05) is 0 Å². The molecule has 0 unspecified atom stereocenters. The van der Waals surface area contributed by atoms with Crippen LogP contribution in [-0.2, 0) is 9.53 Å². The second kappa shape index (κ2) is 5.15. The second-order valence-corrected chi connectivity index (χ2v) is 4.24. The molecule has 0 aliphatic carbocycles. The third-order valence-corrected chi connectivity index (χ3v) is 2.89. The first kappa shape index (κ1) is 11.8. The van der Waals surface area contributed by atoms with E-state index in [0.717, 1.165) is 12.8 Å². The molecule has 1 fully saturated rings. The number of hydrogen-bond donors (Lipinski definition) is 1. The number of rotatable bonds is 3. The lowest BCUT2D eigenvalue weighted by Crippen LogP contribution is -2.26. The summed E-state index contributed by atoms with van der Waals surface area (Å²) >= 11 is 0. The number of ether oxygens (including phenoxy) is 1. The molecule has 1 N–H and O–H groups in total. The van der Waals surface area contributed by atoms with E-state index in [0.29, 0.717) is 18.1 Å². The number of carbonyl (C=O) groups is 1. The Morgan fingerprint density at radius 3 is 3.05 bits per heavy atom. The van der Waals surface area contributed by atoms with Crippen molar-refractivity contribution in [3.8, 4) is 5.82 Å². The molecule has 0 bridgehead atoms. The fraction of sp³-hybridized carbons (Fsp3) is 0.333. The van der Waals surface area contributed by atoms with Gasteiger partial charge in [0.1, 0.15) is 18.8 Å². The summed E-state index contributed by atoms with van der Waals surface area (Å²) in [5.41, 5.74) is 0.643. The molecule has 1 amide bonds. The van der Waals surface area contributed by atoms with Crippen molar-refractivity contribution in [3.63, 3.8) is 0 Å². The van der Waals surface area contributed by atoms with Crippen LogP contribution in [0.25, 0.3) is 5.82 Å². The number of aromatic nitrogens is 4. The Morgan fingerprint density at radius 1 is 1.47 bits per heavy atom. The molecular weight excluding hydrogens is 246 g/mol. The van der Waals surface area contributed by atoms with Gasteiger partial charge in [-0.15, -0.1) is 0 Å². The first-order chi connectivity index (χ1) is 9.33. The van der Waals surface area contributed by atoms with Crippen LogP contribution in [-0.4, -0.2) is 38.4 Å². The smallest absolute Gasteiger partial charge is 0.253 e. The van der Waals surface area contributed by atoms with Crippen molar-refractivity contribution in [1.82, 2.24) is 19.7 Å².